The predicted octanol–water partition coefficient (Wildman–Crippen LogP) is 2.22. The smallest absolute Gasteiger partial charge is 0.231 e. The molecule has 4 rings (SSSR count). The topological polar surface area (TPSA) is 77.4 Å². The van der Waals surface area contributed by atoms with Gasteiger partial charge in [-0.25, -0.2) is 0 Å². The van der Waals surface area contributed by atoms with Crippen LogP contribution >= 0.6 is 0 Å². The second-order valence-electron chi connectivity index (χ2n) is 4.39. The van der Waals surface area contributed by atoms with Gasteiger partial charge in [0.1, 0.15) is 11.5 Å². The van der Waals surface area contributed by atoms with Crippen LogP contribution in [-0.4, -0.2) is 23.8 Å². The summed E-state index contributed by atoms with van der Waals surface area (Å²) in [6.45, 7) is 0.137. The largest absolute Gasteiger partial charge is 0.507 e. The Hall–Kier alpha value is -2.76. The lowest BCUT2D eigenvalue weighted by Crippen LogP contribution is -1.95. The van der Waals surface area contributed by atoms with Crippen molar-refractivity contribution in [3.63, 3.8) is 0 Å². The number of benzene rings is 2. The molecule has 2 aromatic carbocycles. The molecule has 102 valence electrons. The minimum Gasteiger partial charge on any atom is -0.507 e. The molecule has 2 aromatic rings. The Morgan fingerprint density at radius 3 is 1.55 bits per heavy atom. The number of hydrogen-bond donors (Lipinski definition) is 2. The van der Waals surface area contributed by atoms with Crippen LogP contribution in [0, 0.1) is 0 Å². The molecular weight excluding hydrogens is 264 g/mol. The highest BCUT2D eigenvalue weighted by atomic mass is 16.7. The summed E-state index contributed by atoms with van der Waals surface area (Å²) in [6.07, 6.45) is 0. The lowest BCUT2D eigenvalue weighted by Gasteiger charge is -2.12. The molecule has 6 nitrogen and oxygen atoms in total. The van der Waals surface area contributed by atoms with Crippen LogP contribution in [-0.2, 0) is 0 Å². The Labute approximate surface area is 113 Å². The molecule has 0 bridgehead atoms. The summed E-state index contributed by atoms with van der Waals surface area (Å²) >= 11 is 0. The van der Waals surface area contributed by atoms with Crippen molar-refractivity contribution in [3.8, 4) is 45.6 Å². The summed E-state index contributed by atoms with van der Waals surface area (Å²) in [5.41, 5.74) is 0.666. The normalized spacial score (nSPS) is 14.6. The third-order valence-corrected chi connectivity index (χ3v) is 3.28. The standard InChI is InChI=1S/C14H10O6/c15-7-1-3-9-13(19-5-17-9)11(7)12-8(16)2-4-10-14(12)20-6-18-10/h1-4,15-16H,5-6H2. The zero-order valence-electron chi connectivity index (χ0n) is 10.3. The SMILES string of the molecule is Oc1ccc2c(c1-c1c(O)ccc3c1OCO3)OCO2. The van der Waals surface area contributed by atoms with Crippen LogP contribution in [0.25, 0.3) is 11.1 Å². The monoisotopic (exact) mass is 274 g/mol. The van der Waals surface area contributed by atoms with Gasteiger partial charge in [0.05, 0.1) is 11.1 Å². The predicted molar refractivity (Wildman–Crippen MR) is 67.5 cm³/mol. The number of phenolic OH excluding ortho intramolecular Hbond substituents is 2. The van der Waals surface area contributed by atoms with E-state index in [1.54, 1.807) is 12.1 Å². The lowest BCUT2D eigenvalue weighted by molar-refractivity contribution is 0.172. The van der Waals surface area contributed by atoms with E-state index in [1.807, 2.05) is 0 Å². The molecule has 0 saturated carbocycles. The van der Waals surface area contributed by atoms with Crippen molar-refractivity contribution in [2.45, 2.75) is 0 Å². The first-order valence-electron chi connectivity index (χ1n) is 5.99. The van der Waals surface area contributed by atoms with Crippen molar-refractivity contribution >= 4 is 0 Å². The first-order valence-corrected chi connectivity index (χ1v) is 5.99. The van der Waals surface area contributed by atoms with Gasteiger partial charge in [0.15, 0.2) is 23.0 Å². The van der Waals surface area contributed by atoms with Gasteiger partial charge in [0.2, 0.25) is 13.6 Å². The second-order valence-corrected chi connectivity index (χ2v) is 4.39. The maximum absolute atomic E-state index is 10.1. The molecule has 2 aliphatic heterocycles. The maximum atomic E-state index is 10.1. The van der Waals surface area contributed by atoms with Gasteiger partial charge >= 0.3 is 0 Å². The molecule has 0 unspecified atom stereocenters. The Morgan fingerprint density at radius 2 is 1.10 bits per heavy atom. The van der Waals surface area contributed by atoms with Crippen molar-refractivity contribution < 1.29 is 29.2 Å². The number of phenols is 2. The molecule has 0 aliphatic carbocycles. The molecule has 2 heterocycles. The highest BCUT2D eigenvalue weighted by Crippen LogP contribution is 2.54. The van der Waals surface area contributed by atoms with E-state index >= 15 is 0 Å². The highest BCUT2D eigenvalue weighted by Gasteiger charge is 2.30. The molecule has 0 spiro atoms. The lowest BCUT2D eigenvalue weighted by atomic mass is 10.00. The zero-order chi connectivity index (χ0) is 13.7. The first kappa shape index (κ1) is 11.1. The van der Waals surface area contributed by atoms with Gasteiger partial charge < -0.3 is 29.2 Å². The summed E-state index contributed by atoms with van der Waals surface area (Å²) in [5.74, 6) is 1.71. The van der Waals surface area contributed by atoms with Gasteiger partial charge in [-0.05, 0) is 24.3 Å². The molecule has 0 radical (unpaired) electrons. The second kappa shape index (κ2) is 3.86. The number of fused-ring (bicyclic) bond motifs is 2. The number of aromatic hydroxyl groups is 2. The molecule has 0 fully saturated rings. The molecule has 0 aromatic heterocycles. The molecular formula is C14H10O6. The molecule has 0 atom stereocenters. The fraction of sp³-hybridized carbons (Fsp3) is 0.143. The summed E-state index contributed by atoms with van der Waals surface area (Å²) in [4.78, 5) is 0. The minimum absolute atomic E-state index is 0.0338. The van der Waals surface area contributed by atoms with E-state index in [2.05, 4.69) is 0 Å². The summed E-state index contributed by atoms with van der Waals surface area (Å²) in [5, 5.41) is 20.3. The van der Waals surface area contributed by atoms with Crippen LogP contribution in [0.2, 0.25) is 0 Å². The Balaban J connectivity index is 2.04. The molecule has 20 heavy (non-hydrogen) atoms. The van der Waals surface area contributed by atoms with E-state index in [4.69, 9.17) is 18.9 Å². The summed E-state index contributed by atoms with van der Waals surface area (Å²) < 4.78 is 21.4. The third kappa shape index (κ3) is 1.38. The van der Waals surface area contributed by atoms with Crippen LogP contribution in [0.4, 0.5) is 0 Å². The number of hydrogen-bond acceptors (Lipinski definition) is 6. The molecule has 0 saturated heterocycles. The van der Waals surface area contributed by atoms with E-state index in [9.17, 15) is 10.2 Å². The average Bonchev–Trinajstić information content (AvgIpc) is 3.08. The van der Waals surface area contributed by atoms with E-state index in [0.717, 1.165) is 0 Å². The fourth-order valence-electron chi connectivity index (χ4n) is 2.41. The Kier molecular flexibility index (Phi) is 2.14. The van der Waals surface area contributed by atoms with Crippen molar-refractivity contribution in [1.82, 2.24) is 0 Å². The number of ether oxygens (including phenoxy) is 4. The minimum atomic E-state index is -0.0338. The van der Waals surface area contributed by atoms with E-state index in [0.29, 0.717) is 34.1 Å². The Morgan fingerprint density at radius 1 is 0.650 bits per heavy atom. The van der Waals surface area contributed by atoms with Crippen LogP contribution in [0.1, 0.15) is 0 Å². The fourth-order valence-corrected chi connectivity index (χ4v) is 2.41. The van der Waals surface area contributed by atoms with Crippen LogP contribution in [0.15, 0.2) is 24.3 Å². The molecule has 0 amide bonds. The summed E-state index contributed by atoms with van der Waals surface area (Å²) in [7, 11) is 0. The quantitative estimate of drug-likeness (QED) is 0.830. The van der Waals surface area contributed by atoms with Gasteiger partial charge in [-0.2, -0.15) is 0 Å². The summed E-state index contributed by atoms with van der Waals surface area (Å²) in [6, 6.07) is 6.19. The van der Waals surface area contributed by atoms with Gasteiger partial charge in [-0.15, -0.1) is 0 Å². The van der Waals surface area contributed by atoms with Crippen molar-refractivity contribution in [3.05, 3.63) is 24.3 Å². The van der Waals surface area contributed by atoms with Crippen LogP contribution in [0.3, 0.4) is 0 Å². The third-order valence-electron chi connectivity index (χ3n) is 3.28. The van der Waals surface area contributed by atoms with E-state index < -0.39 is 0 Å². The van der Waals surface area contributed by atoms with E-state index in [1.165, 1.54) is 12.1 Å². The molecule has 2 N–H and O–H groups in total. The average molecular weight is 274 g/mol. The zero-order valence-corrected chi connectivity index (χ0v) is 10.3. The van der Waals surface area contributed by atoms with E-state index in [-0.39, 0.29) is 25.1 Å². The molecule has 2 aliphatic rings. The first-order chi connectivity index (χ1) is 9.75. The van der Waals surface area contributed by atoms with Crippen LogP contribution < -0.4 is 18.9 Å². The van der Waals surface area contributed by atoms with Crippen LogP contribution in [0.5, 0.6) is 34.5 Å². The highest BCUT2D eigenvalue weighted by molar-refractivity contribution is 5.89. The van der Waals surface area contributed by atoms with Crippen molar-refractivity contribution in [2.24, 2.45) is 0 Å². The van der Waals surface area contributed by atoms with Gasteiger partial charge in [0.25, 0.3) is 0 Å². The van der Waals surface area contributed by atoms with Crippen molar-refractivity contribution in [1.29, 1.82) is 0 Å². The maximum Gasteiger partial charge on any atom is 0.231 e. The van der Waals surface area contributed by atoms with Gasteiger partial charge in [0, 0.05) is 0 Å². The Bertz CT molecular complexity index is 648. The number of rotatable bonds is 1. The van der Waals surface area contributed by atoms with Gasteiger partial charge in [-0.3, -0.25) is 0 Å². The van der Waals surface area contributed by atoms with Crippen molar-refractivity contribution in [2.75, 3.05) is 13.6 Å². The molecule has 6 heteroatoms. The van der Waals surface area contributed by atoms with Gasteiger partial charge in [-0.1, -0.05) is 0 Å².